The number of hydrogen-bond acceptors (Lipinski definition) is 4. The number of amides is 2. The molecule has 0 bridgehead atoms. The van der Waals surface area contributed by atoms with Crippen LogP contribution in [-0.4, -0.2) is 25.5 Å². The van der Waals surface area contributed by atoms with Crippen LogP contribution in [0.25, 0.3) is 0 Å². The van der Waals surface area contributed by atoms with E-state index in [4.69, 9.17) is 9.47 Å². The molecule has 26 heavy (non-hydrogen) atoms. The number of hydrazine groups is 1. The zero-order valence-corrected chi connectivity index (χ0v) is 18.6. The van der Waals surface area contributed by atoms with Crippen LogP contribution >= 0.6 is 47.8 Å². The van der Waals surface area contributed by atoms with E-state index in [0.29, 0.717) is 16.0 Å². The summed E-state index contributed by atoms with van der Waals surface area (Å²) in [6, 6.07) is 8.69. The maximum absolute atomic E-state index is 12.2. The standard InChI is InChI=1S/C17H15Br3N2O4/c1-9-5-11(19)7-13(20)16(9)26-8-15(23)21-22-17(24)12-6-10(18)3-4-14(12)25-2/h3-7H,8H2,1-2H3,(H,21,23)(H,22,24). The van der Waals surface area contributed by atoms with Gasteiger partial charge in [-0.1, -0.05) is 31.9 Å². The molecule has 0 aliphatic carbocycles. The Kier molecular flexibility index (Phi) is 7.48. The fraction of sp³-hybridized carbons (Fsp3) is 0.176. The second kappa shape index (κ2) is 9.38. The molecule has 2 aromatic carbocycles. The lowest BCUT2D eigenvalue weighted by Gasteiger charge is -2.13. The average molecular weight is 551 g/mol. The van der Waals surface area contributed by atoms with E-state index in [0.717, 1.165) is 14.5 Å². The van der Waals surface area contributed by atoms with Gasteiger partial charge in [-0.25, -0.2) is 0 Å². The molecule has 6 nitrogen and oxygen atoms in total. The maximum Gasteiger partial charge on any atom is 0.276 e. The van der Waals surface area contributed by atoms with Crippen molar-refractivity contribution in [3.8, 4) is 11.5 Å². The van der Waals surface area contributed by atoms with Crippen molar-refractivity contribution in [3.05, 3.63) is 54.9 Å². The van der Waals surface area contributed by atoms with Gasteiger partial charge in [-0.3, -0.25) is 20.4 Å². The van der Waals surface area contributed by atoms with Crippen LogP contribution in [0.2, 0.25) is 0 Å². The molecule has 2 N–H and O–H groups in total. The number of carbonyl (C=O) groups excluding carboxylic acids is 2. The topological polar surface area (TPSA) is 76.7 Å². The van der Waals surface area contributed by atoms with Crippen molar-refractivity contribution in [2.45, 2.75) is 6.92 Å². The van der Waals surface area contributed by atoms with Crippen LogP contribution < -0.4 is 20.3 Å². The monoisotopic (exact) mass is 548 g/mol. The Balaban J connectivity index is 1.93. The molecule has 0 aliphatic rings. The molecular formula is C17H15Br3N2O4. The largest absolute Gasteiger partial charge is 0.496 e. The van der Waals surface area contributed by atoms with Crippen LogP contribution in [0.5, 0.6) is 11.5 Å². The second-order valence-electron chi connectivity index (χ2n) is 5.17. The lowest BCUT2D eigenvalue weighted by atomic mass is 10.2. The SMILES string of the molecule is COc1ccc(Br)cc1C(=O)NNC(=O)COc1c(C)cc(Br)cc1Br. The molecule has 2 amide bonds. The third kappa shape index (κ3) is 5.46. The number of benzene rings is 2. The number of methoxy groups -OCH3 is 1. The van der Waals surface area contributed by atoms with Gasteiger partial charge in [0, 0.05) is 8.95 Å². The Labute approximate surface area is 176 Å². The molecule has 138 valence electrons. The van der Waals surface area contributed by atoms with Gasteiger partial charge < -0.3 is 9.47 Å². The molecule has 0 spiro atoms. The lowest BCUT2D eigenvalue weighted by Crippen LogP contribution is -2.44. The third-order valence-electron chi connectivity index (χ3n) is 3.26. The molecule has 2 rings (SSSR count). The van der Waals surface area contributed by atoms with Crippen molar-refractivity contribution in [2.24, 2.45) is 0 Å². The van der Waals surface area contributed by atoms with E-state index in [9.17, 15) is 9.59 Å². The molecule has 0 unspecified atom stereocenters. The summed E-state index contributed by atoms with van der Waals surface area (Å²) in [7, 11) is 1.46. The van der Waals surface area contributed by atoms with Crippen LogP contribution in [-0.2, 0) is 4.79 Å². The summed E-state index contributed by atoms with van der Waals surface area (Å²) in [6.07, 6.45) is 0. The number of halogens is 3. The van der Waals surface area contributed by atoms with Crippen molar-refractivity contribution in [1.82, 2.24) is 10.9 Å². The van der Waals surface area contributed by atoms with E-state index in [1.807, 2.05) is 19.1 Å². The Bertz CT molecular complexity index is 820. The molecule has 0 heterocycles. The molecule has 0 radical (unpaired) electrons. The molecule has 9 heteroatoms. The van der Waals surface area contributed by atoms with Crippen LogP contribution in [0.3, 0.4) is 0 Å². The van der Waals surface area contributed by atoms with Crippen LogP contribution in [0.1, 0.15) is 15.9 Å². The fourth-order valence-corrected chi connectivity index (χ4v) is 4.01. The predicted octanol–water partition coefficient (Wildman–Crippen LogP) is 4.13. The minimum atomic E-state index is -0.502. The van der Waals surface area contributed by atoms with E-state index >= 15 is 0 Å². The zero-order valence-electron chi connectivity index (χ0n) is 13.9. The predicted molar refractivity (Wildman–Crippen MR) is 108 cm³/mol. The van der Waals surface area contributed by atoms with Crippen LogP contribution in [0.15, 0.2) is 43.7 Å². The number of nitrogens with one attached hydrogen (secondary N) is 2. The smallest absolute Gasteiger partial charge is 0.276 e. The third-order valence-corrected chi connectivity index (χ3v) is 4.80. The van der Waals surface area contributed by atoms with Gasteiger partial charge in [-0.2, -0.15) is 0 Å². The number of hydrogen-bond donors (Lipinski definition) is 2. The molecule has 0 aromatic heterocycles. The minimum absolute atomic E-state index is 0.253. The van der Waals surface area contributed by atoms with Gasteiger partial charge in [0.1, 0.15) is 11.5 Å². The molecule has 0 aliphatic heterocycles. The molecule has 0 saturated heterocycles. The Morgan fingerprint density at radius 1 is 1.04 bits per heavy atom. The van der Waals surface area contributed by atoms with Crippen molar-refractivity contribution < 1.29 is 19.1 Å². The van der Waals surface area contributed by atoms with Gasteiger partial charge in [0.25, 0.3) is 11.8 Å². The number of rotatable bonds is 5. The zero-order chi connectivity index (χ0) is 19.3. The number of carbonyl (C=O) groups is 2. The average Bonchev–Trinajstić information content (AvgIpc) is 2.58. The van der Waals surface area contributed by atoms with Gasteiger partial charge in [0.2, 0.25) is 0 Å². The van der Waals surface area contributed by atoms with Crippen molar-refractivity contribution in [1.29, 1.82) is 0 Å². The maximum atomic E-state index is 12.2. The highest BCUT2D eigenvalue weighted by Gasteiger charge is 2.14. The van der Waals surface area contributed by atoms with E-state index in [1.54, 1.807) is 18.2 Å². The van der Waals surface area contributed by atoms with Crippen molar-refractivity contribution in [3.63, 3.8) is 0 Å². The van der Waals surface area contributed by atoms with E-state index < -0.39 is 11.8 Å². The highest BCUT2D eigenvalue weighted by Crippen LogP contribution is 2.32. The summed E-state index contributed by atoms with van der Waals surface area (Å²) in [5.74, 6) is -0.0482. The van der Waals surface area contributed by atoms with Crippen LogP contribution in [0.4, 0.5) is 0 Å². The number of ether oxygens (including phenoxy) is 2. The highest BCUT2D eigenvalue weighted by atomic mass is 79.9. The van der Waals surface area contributed by atoms with Gasteiger partial charge in [-0.05, 0) is 58.7 Å². The summed E-state index contributed by atoms with van der Waals surface area (Å²) < 4.78 is 13.0. The quantitative estimate of drug-likeness (QED) is 0.549. The summed E-state index contributed by atoms with van der Waals surface area (Å²) >= 11 is 10.1. The molecule has 0 saturated carbocycles. The first kappa shape index (κ1) is 20.7. The van der Waals surface area contributed by atoms with E-state index in [1.165, 1.54) is 7.11 Å². The molecular weight excluding hydrogens is 536 g/mol. The Morgan fingerprint density at radius 3 is 2.42 bits per heavy atom. The van der Waals surface area contributed by atoms with E-state index in [2.05, 4.69) is 58.6 Å². The summed E-state index contributed by atoms with van der Waals surface area (Å²) in [4.78, 5) is 24.2. The van der Waals surface area contributed by atoms with Crippen molar-refractivity contribution in [2.75, 3.05) is 13.7 Å². The first-order chi connectivity index (χ1) is 12.3. The summed E-state index contributed by atoms with van der Waals surface area (Å²) in [5.41, 5.74) is 5.80. The molecule has 0 fully saturated rings. The van der Waals surface area contributed by atoms with Gasteiger partial charge in [0.05, 0.1) is 17.1 Å². The summed E-state index contributed by atoms with van der Waals surface area (Å²) in [6.45, 7) is 1.61. The van der Waals surface area contributed by atoms with Gasteiger partial charge >= 0.3 is 0 Å². The lowest BCUT2D eigenvalue weighted by molar-refractivity contribution is -0.123. The normalized spacial score (nSPS) is 10.2. The van der Waals surface area contributed by atoms with Crippen LogP contribution in [0, 0.1) is 6.92 Å². The van der Waals surface area contributed by atoms with E-state index in [-0.39, 0.29) is 12.2 Å². The first-order valence-electron chi connectivity index (χ1n) is 7.33. The Morgan fingerprint density at radius 2 is 1.77 bits per heavy atom. The molecule has 0 atom stereocenters. The first-order valence-corrected chi connectivity index (χ1v) is 9.71. The Hall–Kier alpha value is -1.58. The minimum Gasteiger partial charge on any atom is -0.496 e. The fourth-order valence-electron chi connectivity index (χ4n) is 2.10. The highest BCUT2D eigenvalue weighted by molar-refractivity contribution is 9.11. The second-order valence-corrected chi connectivity index (χ2v) is 7.85. The summed E-state index contributed by atoms with van der Waals surface area (Å²) in [5, 5.41) is 0. The van der Waals surface area contributed by atoms with Gasteiger partial charge in [-0.15, -0.1) is 0 Å². The van der Waals surface area contributed by atoms with Gasteiger partial charge in [0.15, 0.2) is 6.61 Å². The van der Waals surface area contributed by atoms with Crippen molar-refractivity contribution >= 4 is 59.6 Å². The number of aryl methyl sites for hydroxylation is 1. The molecule has 2 aromatic rings.